The molecular formula is C18H22N4O3. The van der Waals surface area contributed by atoms with Crippen molar-refractivity contribution in [2.24, 2.45) is 0 Å². The zero-order chi connectivity index (χ0) is 17.5. The third kappa shape index (κ3) is 4.72. The van der Waals surface area contributed by atoms with Crippen LogP contribution in [0.5, 0.6) is 5.75 Å². The number of hydrogen-bond acceptors (Lipinski definition) is 7. The van der Waals surface area contributed by atoms with Gasteiger partial charge in [-0.1, -0.05) is 18.2 Å². The van der Waals surface area contributed by atoms with Crippen LogP contribution in [-0.4, -0.2) is 49.3 Å². The van der Waals surface area contributed by atoms with Crippen LogP contribution in [0.1, 0.15) is 17.1 Å². The second-order valence-corrected chi connectivity index (χ2v) is 5.83. The van der Waals surface area contributed by atoms with E-state index in [1.165, 1.54) is 0 Å². The first-order chi connectivity index (χ1) is 12.3. The number of para-hydroxylation sites is 1. The number of anilines is 1. The maximum absolute atomic E-state index is 9.23. The first-order valence-corrected chi connectivity index (χ1v) is 8.38. The maximum atomic E-state index is 9.23. The average Bonchev–Trinajstić information content (AvgIpc) is 3.04. The Kier molecular flexibility index (Phi) is 5.88. The molecule has 3 rings (SSSR count). The standard InChI is InChI=1S/C18H22N4O3/c1-14-4-2-3-5-16(14)24-13-17-21-15(12-19)18(25-17)20-6-7-22-8-10-23-11-9-22/h2-5,20H,6-11,13H2,1H3. The largest absolute Gasteiger partial charge is 0.484 e. The minimum Gasteiger partial charge on any atom is -0.484 e. The van der Waals surface area contributed by atoms with Gasteiger partial charge >= 0.3 is 0 Å². The lowest BCUT2D eigenvalue weighted by Gasteiger charge is -2.26. The summed E-state index contributed by atoms with van der Waals surface area (Å²) < 4.78 is 16.7. The Morgan fingerprint density at radius 3 is 2.88 bits per heavy atom. The molecule has 2 heterocycles. The van der Waals surface area contributed by atoms with Gasteiger partial charge in [0.2, 0.25) is 17.5 Å². The van der Waals surface area contributed by atoms with Crippen LogP contribution in [-0.2, 0) is 11.3 Å². The molecule has 0 bridgehead atoms. The van der Waals surface area contributed by atoms with Gasteiger partial charge in [-0.05, 0) is 18.6 Å². The van der Waals surface area contributed by atoms with Gasteiger partial charge in [0, 0.05) is 26.2 Å². The lowest BCUT2D eigenvalue weighted by molar-refractivity contribution is 0.0398. The SMILES string of the molecule is Cc1ccccc1OCc1nc(C#N)c(NCCN2CCOCC2)o1. The number of nitrogens with zero attached hydrogens (tertiary/aromatic N) is 3. The molecule has 1 aliphatic rings. The van der Waals surface area contributed by atoms with E-state index in [-0.39, 0.29) is 12.3 Å². The van der Waals surface area contributed by atoms with Gasteiger partial charge in [0.05, 0.1) is 13.2 Å². The fraction of sp³-hybridized carbons (Fsp3) is 0.444. The monoisotopic (exact) mass is 342 g/mol. The maximum Gasteiger partial charge on any atom is 0.236 e. The van der Waals surface area contributed by atoms with Crippen molar-refractivity contribution >= 4 is 5.88 Å². The van der Waals surface area contributed by atoms with Crippen LogP contribution in [0.2, 0.25) is 0 Å². The molecule has 1 aromatic carbocycles. The number of benzene rings is 1. The summed E-state index contributed by atoms with van der Waals surface area (Å²) in [4.78, 5) is 6.50. The van der Waals surface area contributed by atoms with Crippen molar-refractivity contribution < 1.29 is 13.9 Å². The lowest BCUT2D eigenvalue weighted by atomic mass is 10.2. The molecule has 0 radical (unpaired) electrons. The first-order valence-electron chi connectivity index (χ1n) is 8.38. The van der Waals surface area contributed by atoms with Crippen LogP contribution in [0.25, 0.3) is 0 Å². The quantitative estimate of drug-likeness (QED) is 0.825. The smallest absolute Gasteiger partial charge is 0.236 e. The van der Waals surface area contributed by atoms with E-state index in [0.29, 0.717) is 18.3 Å². The molecule has 7 nitrogen and oxygen atoms in total. The molecule has 0 saturated carbocycles. The Labute approximate surface area is 147 Å². The zero-order valence-electron chi connectivity index (χ0n) is 14.3. The summed E-state index contributed by atoms with van der Waals surface area (Å²) in [5.74, 6) is 1.56. The number of nitrogens with one attached hydrogen (secondary N) is 1. The molecule has 25 heavy (non-hydrogen) atoms. The Morgan fingerprint density at radius 1 is 1.32 bits per heavy atom. The molecule has 0 amide bonds. The summed E-state index contributed by atoms with van der Waals surface area (Å²) in [5.41, 5.74) is 1.30. The normalized spacial score (nSPS) is 14.9. The summed E-state index contributed by atoms with van der Waals surface area (Å²) in [6, 6.07) is 9.80. The number of rotatable bonds is 7. The Morgan fingerprint density at radius 2 is 2.12 bits per heavy atom. The molecule has 1 N–H and O–H groups in total. The third-order valence-corrected chi connectivity index (χ3v) is 4.04. The average molecular weight is 342 g/mol. The number of aryl methyl sites for hydroxylation is 1. The highest BCUT2D eigenvalue weighted by Gasteiger charge is 2.15. The van der Waals surface area contributed by atoms with Crippen LogP contribution in [0.15, 0.2) is 28.7 Å². The van der Waals surface area contributed by atoms with E-state index in [4.69, 9.17) is 13.9 Å². The zero-order valence-corrected chi connectivity index (χ0v) is 14.3. The Balaban J connectivity index is 1.54. The molecular weight excluding hydrogens is 320 g/mol. The number of aromatic nitrogens is 1. The minimum atomic E-state index is 0.185. The summed E-state index contributed by atoms with van der Waals surface area (Å²) in [6.07, 6.45) is 0. The van der Waals surface area contributed by atoms with Crippen LogP contribution in [0, 0.1) is 18.3 Å². The fourth-order valence-corrected chi connectivity index (χ4v) is 2.63. The molecule has 0 spiro atoms. The van der Waals surface area contributed by atoms with E-state index in [2.05, 4.69) is 21.3 Å². The predicted octanol–water partition coefficient (Wildman–Crippen LogP) is 2.18. The number of ether oxygens (including phenoxy) is 2. The highest BCUT2D eigenvalue weighted by Crippen LogP contribution is 2.20. The van der Waals surface area contributed by atoms with Gasteiger partial charge in [0.15, 0.2) is 6.61 Å². The van der Waals surface area contributed by atoms with Gasteiger partial charge < -0.3 is 19.2 Å². The van der Waals surface area contributed by atoms with Crippen LogP contribution in [0.3, 0.4) is 0 Å². The van der Waals surface area contributed by atoms with Gasteiger partial charge in [0.1, 0.15) is 11.8 Å². The van der Waals surface area contributed by atoms with Crippen molar-refractivity contribution in [2.75, 3.05) is 44.7 Å². The topological polar surface area (TPSA) is 83.5 Å². The van der Waals surface area contributed by atoms with Crippen LogP contribution >= 0.6 is 0 Å². The summed E-state index contributed by atoms with van der Waals surface area (Å²) in [5, 5.41) is 12.4. The van der Waals surface area contributed by atoms with Crippen LogP contribution in [0.4, 0.5) is 5.88 Å². The van der Waals surface area contributed by atoms with Crippen molar-refractivity contribution in [3.63, 3.8) is 0 Å². The van der Waals surface area contributed by atoms with Crippen molar-refractivity contribution in [2.45, 2.75) is 13.5 Å². The molecule has 1 aromatic heterocycles. The van der Waals surface area contributed by atoms with E-state index in [0.717, 1.165) is 44.2 Å². The first kappa shape index (κ1) is 17.3. The van der Waals surface area contributed by atoms with Gasteiger partial charge in [0.25, 0.3) is 0 Å². The second-order valence-electron chi connectivity index (χ2n) is 5.83. The number of hydrogen-bond donors (Lipinski definition) is 1. The molecule has 2 aromatic rings. The molecule has 0 unspecified atom stereocenters. The van der Waals surface area contributed by atoms with Gasteiger partial charge in [-0.2, -0.15) is 10.2 Å². The van der Waals surface area contributed by atoms with Gasteiger partial charge in [-0.3, -0.25) is 4.90 Å². The molecule has 1 saturated heterocycles. The minimum absolute atomic E-state index is 0.185. The predicted molar refractivity (Wildman–Crippen MR) is 92.5 cm³/mol. The highest BCUT2D eigenvalue weighted by atomic mass is 16.5. The van der Waals surface area contributed by atoms with Crippen molar-refractivity contribution in [3.8, 4) is 11.8 Å². The molecule has 1 aliphatic heterocycles. The summed E-state index contributed by atoms with van der Waals surface area (Å²) >= 11 is 0. The van der Waals surface area contributed by atoms with Crippen molar-refractivity contribution in [1.29, 1.82) is 5.26 Å². The van der Waals surface area contributed by atoms with E-state index < -0.39 is 0 Å². The number of morpholine rings is 1. The third-order valence-electron chi connectivity index (χ3n) is 4.04. The van der Waals surface area contributed by atoms with E-state index in [9.17, 15) is 5.26 Å². The van der Waals surface area contributed by atoms with Crippen molar-refractivity contribution in [1.82, 2.24) is 9.88 Å². The lowest BCUT2D eigenvalue weighted by Crippen LogP contribution is -2.39. The van der Waals surface area contributed by atoms with E-state index >= 15 is 0 Å². The number of oxazole rings is 1. The Bertz CT molecular complexity index is 732. The molecule has 1 fully saturated rings. The Hall–Kier alpha value is -2.56. The molecule has 132 valence electrons. The summed E-state index contributed by atoms with van der Waals surface area (Å²) in [6.45, 7) is 7.11. The molecule has 0 aliphatic carbocycles. The van der Waals surface area contributed by atoms with Crippen LogP contribution < -0.4 is 10.1 Å². The second kappa shape index (κ2) is 8.51. The highest BCUT2D eigenvalue weighted by molar-refractivity contribution is 5.45. The summed E-state index contributed by atoms with van der Waals surface area (Å²) in [7, 11) is 0. The van der Waals surface area contributed by atoms with E-state index in [1.807, 2.05) is 31.2 Å². The van der Waals surface area contributed by atoms with Gasteiger partial charge in [-0.25, -0.2) is 0 Å². The number of nitriles is 1. The molecule has 7 heteroatoms. The van der Waals surface area contributed by atoms with E-state index in [1.54, 1.807) is 0 Å². The molecule has 0 atom stereocenters. The van der Waals surface area contributed by atoms with Crippen molar-refractivity contribution in [3.05, 3.63) is 41.4 Å². The van der Waals surface area contributed by atoms with Gasteiger partial charge in [-0.15, -0.1) is 0 Å². The fourth-order valence-electron chi connectivity index (χ4n) is 2.63.